The Balaban J connectivity index is 2.15. The maximum atomic E-state index is 11.1. The second-order valence-corrected chi connectivity index (χ2v) is 3.20. The molecular weight excluding hydrogens is 136 g/mol. The van der Waals surface area contributed by atoms with E-state index < -0.39 is 0 Å². The van der Waals surface area contributed by atoms with Gasteiger partial charge in [0.05, 0.1) is 0 Å². The second-order valence-electron chi connectivity index (χ2n) is 3.20. The zero-order chi connectivity index (χ0) is 8.10. The molecule has 11 heavy (non-hydrogen) atoms. The Morgan fingerprint density at radius 2 is 2.36 bits per heavy atom. The molecule has 0 aromatic carbocycles. The number of carbonyl (C=O) groups excluding carboxylic acids is 1. The lowest BCUT2D eigenvalue weighted by Gasteiger charge is -2.04. The van der Waals surface area contributed by atoms with E-state index in [-0.39, 0.29) is 5.92 Å². The number of Topliss-reactive ketones (excluding diaryl/α,β-unsaturated/α-hetero) is 1. The van der Waals surface area contributed by atoms with Crippen molar-refractivity contribution < 1.29 is 4.79 Å². The molecule has 0 saturated heterocycles. The lowest BCUT2D eigenvalue weighted by Crippen LogP contribution is -2.05. The summed E-state index contributed by atoms with van der Waals surface area (Å²) in [6, 6.07) is 0. The van der Waals surface area contributed by atoms with Gasteiger partial charge in [-0.15, -0.1) is 0 Å². The van der Waals surface area contributed by atoms with Gasteiger partial charge < -0.3 is 0 Å². The van der Waals surface area contributed by atoms with E-state index in [1.807, 2.05) is 6.08 Å². The van der Waals surface area contributed by atoms with Crippen LogP contribution in [0.25, 0.3) is 0 Å². The molecule has 1 nitrogen and oxygen atoms in total. The number of ketones is 1. The zero-order valence-corrected chi connectivity index (χ0v) is 7.18. The minimum absolute atomic E-state index is 0.265. The Hall–Kier alpha value is -0.590. The van der Waals surface area contributed by atoms with Gasteiger partial charge in [-0.2, -0.15) is 0 Å². The predicted molar refractivity (Wildman–Crippen MR) is 46.4 cm³/mol. The van der Waals surface area contributed by atoms with Gasteiger partial charge in [0.1, 0.15) is 5.78 Å². The fourth-order valence-corrected chi connectivity index (χ4v) is 1.48. The summed E-state index contributed by atoms with van der Waals surface area (Å²) >= 11 is 0. The second kappa shape index (κ2) is 4.32. The summed E-state index contributed by atoms with van der Waals surface area (Å²) in [6.07, 6.45) is 9.52. The summed E-state index contributed by atoms with van der Waals surface area (Å²) < 4.78 is 0. The molecule has 0 fully saturated rings. The van der Waals surface area contributed by atoms with Crippen LogP contribution in [0.3, 0.4) is 0 Å². The summed E-state index contributed by atoms with van der Waals surface area (Å²) in [4.78, 5) is 11.1. The van der Waals surface area contributed by atoms with E-state index >= 15 is 0 Å². The summed E-state index contributed by atoms with van der Waals surface area (Å²) in [7, 11) is 0. The molecule has 0 N–H and O–H groups in total. The van der Waals surface area contributed by atoms with Gasteiger partial charge in [-0.25, -0.2) is 0 Å². The highest BCUT2D eigenvalue weighted by atomic mass is 16.1. The molecule has 1 unspecified atom stereocenters. The number of carbonyl (C=O) groups is 1. The number of allylic oxidation sites excluding steroid dienone is 2. The first-order chi connectivity index (χ1) is 5.34. The first-order valence-electron chi connectivity index (χ1n) is 4.54. The van der Waals surface area contributed by atoms with Gasteiger partial charge in [-0.05, 0) is 6.42 Å². The van der Waals surface area contributed by atoms with E-state index in [0.29, 0.717) is 12.2 Å². The van der Waals surface area contributed by atoms with E-state index in [1.54, 1.807) is 0 Å². The molecule has 1 rings (SSSR count). The first kappa shape index (κ1) is 8.51. The highest BCUT2D eigenvalue weighted by Gasteiger charge is 2.17. The van der Waals surface area contributed by atoms with Crippen LogP contribution in [0.2, 0.25) is 0 Å². The van der Waals surface area contributed by atoms with E-state index in [4.69, 9.17) is 0 Å². The summed E-state index contributed by atoms with van der Waals surface area (Å²) in [5.41, 5.74) is 0. The fraction of sp³-hybridized carbons (Fsp3) is 0.700. The molecule has 0 spiro atoms. The topological polar surface area (TPSA) is 17.1 Å². The van der Waals surface area contributed by atoms with Crippen molar-refractivity contribution in [2.45, 2.75) is 39.0 Å². The summed E-state index contributed by atoms with van der Waals surface area (Å²) in [5, 5.41) is 0. The molecule has 0 bridgehead atoms. The normalized spacial score (nSPS) is 23.0. The van der Waals surface area contributed by atoms with E-state index in [1.165, 1.54) is 19.3 Å². The lowest BCUT2D eigenvalue weighted by atomic mass is 10.0. The average molecular weight is 152 g/mol. The van der Waals surface area contributed by atoms with Crippen LogP contribution >= 0.6 is 0 Å². The van der Waals surface area contributed by atoms with Crippen LogP contribution < -0.4 is 0 Å². The minimum Gasteiger partial charge on any atom is -0.299 e. The Kier molecular flexibility index (Phi) is 3.34. The van der Waals surface area contributed by atoms with Crippen LogP contribution in [0.1, 0.15) is 39.0 Å². The Bertz CT molecular complexity index is 158. The maximum absolute atomic E-state index is 11.1. The van der Waals surface area contributed by atoms with Crippen molar-refractivity contribution in [1.82, 2.24) is 0 Å². The smallest absolute Gasteiger partial charge is 0.143 e. The molecule has 0 heterocycles. The van der Waals surface area contributed by atoms with Crippen molar-refractivity contribution >= 4 is 5.78 Å². The van der Waals surface area contributed by atoms with Crippen molar-refractivity contribution in [2.24, 2.45) is 5.92 Å². The Morgan fingerprint density at radius 3 is 2.91 bits per heavy atom. The average Bonchev–Trinajstić information content (AvgIpc) is 2.37. The molecule has 0 amide bonds. The minimum atomic E-state index is 0.265. The molecule has 0 radical (unpaired) electrons. The largest absolute Gasteiger partial charge is 0.299 e. The quantitative estimate of drug-likeness (QED) is 0.447. The van der Waals surface area contributed by atoms with Crippen molar-refractivity contribution in [3.05, 3.63) is 12.2 Å². The lowest BCUT2D eigenvalue weighted by molar-refractivity contribution is -0.120. The third-order valence-electron chi connectivity index (χ3n) is 2.22. The van der Waals surface area contributed by atoms with Crippen LogP contribution in [-0.2, 0) is 4.79 Å². The molecule has 0 aliphatic heterocycles. The summed E-state index contributed by atoms with van der Waals surface area (Å²) in [5.74, 6) is 0.683. The highest BCUT2D eigenvalue weighted by molar-refractivity contribution is 5.86. The van der Waals surface area contributed by atoms with Gasteiger partial charge in [-0.3, -0.25) is 4.79 Å². The van der Waals surface area contributed by atoms with Crippen molar-refractivity contribution in [2.75, 3.05) is 0 Å². The molecule has 62 valence electrons. The van der Waals surface area contributed by atoms with E-state index in [9.17, 15) is 4.79 Å². The van der Waals surface area contributed by atoms with Crippen LogP contribution in [0.15, 0.2) is 12.2 Å². The maximum Gasteiger partial charge on any atom is 0.143 e. The van der Waals surface area contributed by atoms with Gasteiger partial charge in [0, 0.05) is 12.3 Å². The molecule has 1 aliphatic rings. The third-order valence-corrected chi connectivity index (χ3v) is 2.22. The van der Waals surface area contributed by atoms with Gasteiger partial charge >= 0.3 is 0 Å². The van der Waals surface area contributed by atoms with E-state index in [0.717, 1.165) is 6.42 Å². The predicted octanol–water partition coefficient (Wildman–Crippen LogP) is 2.71. The van der Waals surface area contributed by atoms with Crippen LogP contribution in [0, 0.1) is 5.92 Å². The monoisotopic (exact) mass is 152 g/mol. The molecule has 0 aromatic heterocycles. The van der Waals surface area contributed by atoms with Crippen molar-refractivity contribution in [1.29, 1.82) is 0 Å². The first-order valence-corrected chi connectivity index (χ1v) is 4.54. The molecule has 0 aromatic rings. The number of hydrogen-bond acceptors (Lipinski definition) is 1. The summed E-state index contributed by atoms with van der Waals surface area (Å²) in [6.45, 7) is 2.19. The third kappa shape index (κ3) is 2.49. The van der Waals surface area contributed by atoms with Gasteiger partial charge in [0.15, 0.2) is 0 Å². The van der Waals surface area contributed by atoms with Gasteiger partial charge in [0.25, 0.3) is 0 Å². The number of rotatable bonds is 4. The zero-order valence-electron chi connectivity index (χ0n) is 7.18. The molecule has 0 saturated carbocycles. The highest BCUT2D eigenvalue weighted by Crippen LogP contribution is 2.19. The molecule has 1 aliphatic carbocycles. The van der Waals surface area contributed by atoms with Crippen LogP contribution in [-0.4, -0.2) is 5.78 Å². The van der Waals surface area contributed by atoms with Gasteiger partial charge in [0.2, 0.25) is 0 Å². The number of unbranched alkanes of at least 4 members (excludes halogenated alkanes) is 2. The van der Waals surface area contributed by atoms with E-state index in [2.05, 4.69) is 13.0 Å². The molecular formula is C10H16O. The van der Waals surface area contributed by atoms with Crippen molar-refractivity contribution in [3.63, 3.8) is 0 Å². The molecule has 1 heteroatoms. The van der Waals surface area contributed by atoms with Crippen LogP contribution in [0.5, 0.6) is 0 Å². The standard InChI is InChI=1S/C10H16O/c1-2-3-4-6-9-7-5-8-10(9)11/h5,7,9H,2-4,6,8H2,1H3. The SMILES string of the molecule is CCCCCC1C=CCC1=O. The Morgan fingerprint density at radius 1 is 1.55 bits per heavy atom. The molecule has 1 atom stereocenters. The van der Waals surface area contributed by atoms with Gasteiger partial charge in [-0.1, -0.05) is 38.3 Å². The fourth-order valence-electron chi connectivity index (χ4n) is 1.48. The van der Waals surface area contributed by atoms with Crippen LogP contribution in [0.4, 0.5) is 0 Å². The Labute approximate surface area is 68.5 Å². The number of hydrogen-bond donors (Lipinski definition) is 0. The van der Waals surface area contributed by atoms with Crippen molar-refractivity contribution in [3.8, 4) is 0 Å².